The number of amides is 1. The van der Waals surface area contributed by atoms with Crippen LogP contribution in [0.5, 0.6) is 0 Å². The number of rotatable bonds is 8. The Morgan fingerprint density at radius 1 is 1.16 bits per heavy atom. The molecule has 0 saturated carbocycles. The van der Waals surface area contributed by atoms with Crippen molar-refractivity contribution in [2.75, 3.05) is 30.8 Å². The lowest BCUT2D eigenvalue weighted by atomic mass is 9.99. The molecular weight excluding hydrogens is 422 g/mol. The lowest BCUT2D eigenvalue weighted by Gasteiger charge is -2.33. The van der Waals surface area contributed by atoms with Crippen molar-refractivity contribution in [3.05, 3.63) is 65.2 Å². The van der Waals surface area contributed by atoms with Crippen molar-refractivity contribution in [1.29, 1.82) is 0 Å². The molecule has 2 atom stereocenters. The minimum Gasteiger partial charge on any atom is -0.371 e. The highest BCUT2D eigenvalue weighted by molar-refractivity contribution is 7.88. The van der Waals surface area contributed by atoms with Crippen LogP contribution in [-0.2, 0) is 21.4 Å². The van der Waals surface area contributed by atoms with E-state index in [4.69, 9.17) is 0 Å². The van der Waals surface area contributed by atoms with E-state index in [2.05, 4.69) is 29.3 Å². The van der Waals surface area contributed by atoms with Gasteiger partial charge in [0.05, 0.1) is 18.8 Å². The number of carbonyl (C=O) groups is 1. The number of benzene rings is 2. The Hall–Kier alpha value is -2.38. The number of hydrogen-bond acceptors (Lipinski definition) is 4. The van der Waals surface area contributed by atoms with Crippen molar-refractivity contribution >= 4 is 21.6 Å². The van der Waals surface area contributed by atoms with E-state index >= 15 is 0 Å². The van der Waals surface area contributed by atoms with E-state index < -0.39 is 10.0 Å². The summed E-state index contributed by atoms with van der Waals surface area (Å²) in [5.41, 5.74) is 4.16. The molecule has 1 N–H and O–H groups in total. The first-order valence-corrected chi connectivity index (χ1v) is 13.1. The third-order valence-corrected chi connectivity index (χ3v) is 7.26. The number of carbonyl (C=O) groups excluding carboxylic acids is 1. The van der Waals surface area contributed by atoms with Gasteiger partial charge < -0.3 is 10.2 Å². The lowest BCUT2D eigenvalue weighted by Crippen LogP contribution is -2.40. The van der Waals surface area contributed by atoms with Crippen LogP contribution in [0.25, 0.3) is 0 Å². The maximum atomic E-state index is 12.7. The summed E-state index contributed by atoms with van der Waals surface area (Å²) in [6.07, 6.45) is 3.64. The number of hydrogen-bond donors (Lipinski definition) is 1. The first kappa shape index (κ1) is 24.3. The van der Waals surface area contributed by atoms with E-state index in [1.165, 1.54) is 22.8 Å². The SMILES string of the molecule is Cc1ccc(CN(CC(=O)N[C@@H](C)c2ccc(N3CCC[C@@H](C)C3)cc2)S(C)(=O)=O)cc1. The quantitative estimate of drug-likeness (QED) is 0.653. The molecule has 0 aromatic heterocycles. The number of sulfonamides is 1. The van der Waals surface area contributed by atoms with E-state index in [0.29, 0.717) is 5.92 Å². The van der Waals surface area contributed by atoms with Crippen molar-refractivity contribution in [1.82, 2.24) is 9.62 Å². The van der Waals surface area contributed by atoms with Crippen LogP contribution in [0.3, 0.4) is 0 Å². The minimum atomic E-state index is -3.52. The molecule has 0 bridgehead atoms. The van der Waals surface area contributed by atoms with Gasteiger partial charge in [0.2, 0.25) is 15.9 Å². The highest BCUT2D eigenvalue weighted by Gasteiger charge is 2.22. The second-order valence-electron chi connectivity index (χ2n) is 9.09. The summed E-state index contributed by atoms with van der Waals surface area (Å²) in [6.45, 7) is 8.31. The summed E-state index contributed by atoms with van der Waals surface area (Å²) in [6, 6.07) is 15.7. The van der Waals surface area contributed by atoms with Crippen molar-refractivity contribution < 1.29 is 13.2 Å². The molecule has 2 aromatic carbocycles. The van der Waals surface area contributed by atoms with Crippen LogP contribution < -0.4 is 10.2 Å². The van der Waals surface area contributed by atoms with Crippen molar-refractivity contribution in [2.24, 2.45) is 5.92 Å². The minimum absolute atomic E-state index is 0.171. The number of piperidine rings is 1. The van der Waals surface area contributed by atoms with E-state index in [9.17, 15) is 13.2 Å². The Morgan fingerprint density at radius 2 is 1.81 bits per heavy atom. The molecule has 1 aliphatic rings. The van der Waals surface area contributed by atoms with E-state index in [-0.39, 0.29) is 25.0 Å². The van der Waals surface area contributed by atoms with Crippen molar-refractivity contribution in [3.8, 4) is 0 Å². The number of nitrogens with zero attached hydrogens (tertiary/aromatic N) is 2. The average molecular weight is 458 g/mol. The van der Waals surface area contributed by atoms with Gasteiger partial charge in [0.25, 0.3) is 0 Å². The standard InChI is InChI=1S/C25H35N3O3S/c1-19-7-9-22(10-8-19)17-28(32(4,30)31)18-25(29)26-21(3)23-11-13-24(14-12-23)27-15-5-6-20(2)16-27/h7-14,20-21H,5-6,15-18H2,1-4H3,(H,26,29)/t20-,21+/m1/s1. The zero-order valence-electron chi connectivity index (χ0n) is 19.5. The molecule has 1 aliphatic heterocycles. The number of anilines is 1. The van der Waals surface area contributed by atoms with Gasteiger partial charge in [0.1, 0.15) is 0 Å². The lowest BCUT2D eigenvalue weighted by molar-refractivity contribution is -0.122. The molecule has 1 amide bonds. The second-order valence-corrected chi connectivity index (χ2v) is 11.1. The van der Waals surface area contributed by atoms with E-state index in [1.54, 1.807) is 0 Å². The van der Waals surface area contributed by atoms with Gasteiger partial charge in [0, 0.05) is 25.3 Å². The van der Waals surface area contributed by atoms with Crippen LogP contribution in [-0.4, -0.2) is 44.5 Å². The number of nitrogens with one attached hydrogen (secondary N) is 1. The first-order valence-electron chi connectivity index (χ1n) is 11.3. The Morgan fingerprint density at radius 3 is 2.41 bits per heavy atom. The third-order valence-electron chi connectivity index (χ3n) is 6.06. The fraction of sp³-hybridized carbons (Fsp3) is 0.480. The van der Waals surface area contributed by atoms with Gasteiger partial charge in [-0.3, -0.25) is 4.79 Å². The summed E-state index contributed by atoms with van der Waals surface area (Å²) in [4.78, 5) is 15.1. The molecule has 1 heterocycles. The average Bonchev–Trinajstić information content (AvgIpc) is 2.74. The molecule has 0 aliphatic carbocycles. The fourth-order valence-corrected chi connectivity index (χ4v) is 4.85. The molecule has 1 fully saturated rings. The third kappa shape index (κ3) is 6.81. The second kappa shape index (κ2) is 10.5. The summed E-state index contributed by atoms with van der Waals surface area (Å²) in [5.74, 6) is 0.392. The highest BCUT2D eigenvalue weighted by atomic mass is 32.2. The van der Waals surface area contributed by atoms with Gasteiger partial charge in [-0.15, -0.1) is 0 Å². The molecule has 3 rings (SSSR count). The highest BCUT2D eigenvalue weighted by Crippen LogP contribution is 2.24. The van der Waals surface area contributed by atoms with Gasteiger partial charge in [-0.05, 0) is 55.9 Å². The zero-order chi connectivity index (χ0) is 23.3. The molecular formula is C25H35N3O3S. The zero-order valence-corrected chi connectivity index (χ0v) is 20.4. The van der Waals surface area contributed by atoms with Crippen LogP contribution in [0.15, 0.2) is 48.5 Å². The Bertz CT molecular complexity index is 1000. The number of aryl methyl sites for hydroxylation is 1. The molecule has 0 unspecified atom stereocenters. The molecule has 0 radical (unpaired) electrons. The molecule has 174 valence electrons. The topological polar surface area (TPSA) is 69.7 Å². The van der Waals surface area contributed by atoms with Gasteiger partial charge in [-0.25, -0.2) is 8.42 Å². The smallest absolute Gasteiger partial charge is 0.235 e. The molecule has 2 aromatic rings. The maximum absolute atomic E-state index is 12.7. The Kier molecular flexibility index (Phi) is 7.96. The fourth-order valence-electron chi connectivity index (χ4n) is 4.12. The van der Waals surface area contributed by atoms with Gasteiger partial charge in [-0.1, -0.05) is 48.9 Å². The van der Waals surface area contributed by atoms with Crippen LogP contribution in [0.2, 0.25) is 0 Å². The van der Waals surface area contributed by atoms with Crippen molar-refractivity contribution in [2.45, 2.75) is 46.2 Å². The monoisotopic (exact) mass is 457 g/mol. The van der Waals surface area contributed by atoms with Gasteiger partial charge in [0.15, 0.2) is 0 Å². The maximum Gasteiger partial charge on any atom is 0.235 e. The van der Waals surface area contributed by atoms with E-state index in [1.807, 2.05) is 50.2 Å². The molecule has 6 nitrogen and oxygen atoms in total. The summed E-state index contributed by atoms with van der Waals surface area (Å²) < 4.78 is 25.7. The van der Waals surface area contributed by atoms with Crippen molar-refractivity contribution in [3.63, 3.8) is 0 Å². The van der Waals surface area contributed by atoms with Crippen LogP contribution >= 0.6 is 0 Å². The van der Waals surface area contributed by atoms with Gasteiger partial charge in [-0.2, -0.15) is 4.31 Å². The predicted octanol–water partition coefficient (Wildman–Crippen LogP) is 3.87. The molecule has 7 heteroatoms. The molecule has 0 spiro atoms. The Labute approximate surface area is 192 Å². The van der Waals surface area contributed by atoms with Gasteiger partial charge >= 0.3 is 0 Å². The summed E-state index contributed by atoms with van der Waals surface area (Å²) in [5, 5.41) is 2.94. The van der Waals surface area contributed by atoms with Crippen LogP contribution in [0.1, 0.15) is 49.4 Å². The van der Waals surface area contributed by atoms with Crippen LogP contribution in [0.4, 0.5) is 5.69 Å². The summed E-state index contributed by atoms with van der Waals surface area (Å²) >= 11 is 0. The summed E-state index contributed by atoms with van der Waals surface area (Å²) in [7, 11) is -3.52. The van der Waals surface area contributed by atoms with Crippen LogP contribution in [0, 0.1) is 12.8 Å². The predicted molar refractivity (Wildman–Crippen MR) is 130 cm³/mol. The first-order chi connectivity index (χ1) is 15.1. The Balaban J connectivity index is 1.60. The van der Waals surface area contributed by atoms with E-state index in [0.717, 1.165) is 36.0 Å². The molecule has 32 heavy (non-hydrogen) atoms. The largest absolute Gasteiger partial charge is 0.371 e. The molecule has 1 saturated heterocycles. The normalized spacial score (nSPS) is 17.9.